The summed E-state index contributed by atoms with van der Waals surface area (Å²) in [6.45, 7) is 5.06. The summed E-state index contributed by atoms with van der Waals surface area (Å²) >= 11 is 1.96. The van der Waals surface area contributed by atoms with Gasteiger partial charge in [-0.3, -0.25) is 0 Å². The normalized spacial score (nSPS) is 18.5. The van der Waals surface area contributed by atoms with E-state index >= 15 is 0 Å². The molecular weight excluding hydrogens is 240 g/mol. The van der Waals surface area contributed by atoms with E-state index in [1.165, 1.54) is 34.6 Å². The average molecular weight is 264 g/mol. The van der Waals surface area contributed by atoms with E-state index in [0.29, 0.717) is 18.4 Å². The molecule has 0 aromatic heterocycles. The second-order valence-electron chi connectivity index (χ2n) is 5.49. The van der Waals surface area contributed by atoms with Gasteiger partial charge in [0, 0.05) is 10.9 Å². The lowest BCUT2D eigenvalue weighted by Gasteiger charge is -2.27. The maximum Gasteiger partial charge on any atom is 0.0338 e. The number of hydrogen-bond donors (Lipinski definition) is 2. The molecule has 18 heavy (non-hydrogen) atoms. The molecule has 2 nitrogen and oxygen atoms in total. The van der Waals surface area contributed by atoms with Gasteiger partial charge in [0.1, 0.15) is 0 Å². The van der Waals surface area contributed by atoms with Crippen molar-refractivity contribution in [3.8, 4) is 0 Å². The average Bonchev–Trinajstić information content (AvgIpc) is 2.38. The van der Waals surface area contributed by atoms with Crippen LogP contribution in [0.15, 0.2) is 23.1 Å². The maximum atomic E-state index is 6.40. The van der Waals surface area contributed by atoms with Crippen molar-refractivity contribution in [3.63, 3.8) is 0 Å². The first-order chi connectivity index (χ1) is 8.63. The zero-order valence-electron chi connectivity index (χ0n) is 11.4. The molecule has 2 unspecified atom stereocenters. The number of aryl methyl sites for hydroxylation is 1. The largest absolute Gasteiger partial charge is 0.330 e. The predicted molar refractivity (Wildman–Crippen MR) is 79.8 cm³/mol. The lowest BCUT2D eigenvalue weighted by molar-refractivity contribution is 0.331. The topological polar surface area (TPSA) is 52.0 Å². The van der Waals surface area contributed by atoms with Gasteiger partial charge in [0.25, 0.3) is 0 Å². The van der Waals surface area contributed by atoms with Gasteiger partial charge in [-0.25, -0.2) is 0 Å². The Kier molecular flexibility index (Phi) is 4.71. The molecule has 0 spiro atoms. The van der Waals surface area contributed by atoms with Crippen LogP contribution in [-0.4, -0.2) is 12.3 Å². The van der Waals surface area contributed by atoms with Gasteiger partial charge >= 0.3 is 0 Å². The van der Waals surface area contributed by atoms with Gasteiger partial charge < -0.3 is 11.5 Å². The molecule has 1 aliphatic heterocycles. The van der Waals surface area contributed by atoms with Crippen LogP contribution in [-0.2, 0) is 6.42 Å². The highest BCUT2D eigenvalue weighted by atomic mass is 32.2. The van der Waals surface area contributed by atoms with E-state index in [1.54, 1.807) is 0 Å². The predicted octanol–water partition coefficient (Wildman–Crippen LogP) is 2.96. The van der Waals surface area contributed by atoms with Gasteiger partial charge in [-0.2, -0.15) is 0 Å². The van der Waals surface area contributed by atoms with Crippen molar-refractivity contribution < 1.29 is 0 Å². The van der Waals surface area contributed by atoms with Gasteiger partial charge in [-0.1, -0.05) is 26.0 Å². The summed E-state index contributed by atoms with van der Waals surface area (Å²) in [5.41, 5.74) is 15.0. The molecule has 0 bridgehead atoms. The van der Waals surface area contributed by atoms with Crippen LogP contribution in [0.1, 0.15) is 37.4 Å². The molecule has 1 heterocycles. The van der Waals surface area contributed by atoms with Gasteiger partial charge in [-0.15, -0.1) is 11.8 Å². The van der Waals surface area contributed by atoms with E-state index in [4.69, 9.17) is 11.5 Å². The van der Waals surface area contributed by atoms with E-state index < -0.39 is 0 Å². The maximum absolute atomic E-state index is 6.40. The third-order valence-electron chi connectivity index (χ3n) is 3.91. The Hall–Kier alpha value is -0.510. The van der Waals surface area contributed by atoms with Crippen molar-refractivity contribution in [2.75, 3.05) is 12.3 Å². The first-order valence-corrected chi connectivity index (χ1v) is 7.83. The van der Waals surface area contributed by atoms with Crippen molar-refractivity contribution in [3.05, 3.63) is 29.3 Å². The molecule has 100 valence electrons. The Morgan fingerprint density at radius 1 is 1.33 bits per heavy atom. The quantitative estimate of drug-likeness (QED) is 0.879. The Morgan fingerprint density at radius 2 is 2.11 bits per heavy atom. The molecule has 0 radical (unpaired) electrons. The van der Waals surface area contributed by atoms with Gasteiger partial charge in [0.15, 0.2) is 0 Å². The van der Waals surface area contributed by atoms with Crippen LogP contribution in [0.3, 0.4) is 0 Å². The standard InChI is InChI=1S/C15H24N2S/c1-10(2)13(9-16)15(17)12-5-6-14-11(8-12)4-3-7-18-14/h5-6,8,10,13,15H,3-4,7,9,16-17H2,1-2H3. The second-order valence-corrected chi connectivity index (χ2v) is 6.63. The molecule has 3 heteroatoms. The summed E-state index contributed by atoms with van der Waals surface area (Å²) in [6.07, 6.45) is 2.47. The minimum Gasteiger partial charge on any atom is -0.330 e. The number of hydrogen-bond acceptors (Lipinski definition) is 3. The first kappa shape index (κ1) is 13.9. The van der Waals surface area contributed by atoms with E-state index in [2.05, 4.69) is 32.0 Å². The highest BCUT2D eigenvalue weighted by Crippen LogP contribution is 2.33. The van der Waals surface area contributed by atoms with Crippen LogP contribution >= 0.6 is 11.8 Å². The summed E-state index contributed by atoms with van der Waals surface area (Å²) in [4.78, 5) is 1.44. The molecule has 0 saturated carbocycles. The lowest BCUT2D eigenvalue weighted by atomic mass is 9.84. The summed E-state index contributed by atoms with van der Waals surface area (Å²) in [5.74, 6) is 2.13. The SMILES string of the molecule is CC(C)C(CN)C(N)c1ccc2c(c1)CCCS2. The van der Waals surface area contributed by atoms with Crippen molar-refractivity contribution in [2.24, 2.45) is 23.3 Å². The Labute approximate surface area is 115 Å². The van der Waals surface area contributed by atoms with Gasteiger partial charge in [0.2, 0.25) is 0 Å². The van der Waals surface area contributed by atoms with E-state index in [-0.39, 0.29) is 6.04 Å². The van der Waals surface area contributed by atoms with Crippen LogP contribution in [0.4, 0.5) is 0 Å². The summed E-state index contributed by atoms with van der Waals surface area (Å²) in [7, 11) is 0. The van der Waals surface area contributed by atoms with Crippen molar-refractivity contribution in [2.45, 2.75) is 37.6 Å². The smallest absolute Gasteiger partial charge is 0.0338 e. The highest BCUT2D eigenvalue weighted by molar-refractivity contribution is 7.99. The third-order valence-corrected chi connectivity index (χ3v) is 5.11. The van der Waals surface area contributed by atoms with Crippen molar-refractivity contribution >= 4 is 11.8 Å². The van der Waals surface area contributed by atoms with Crippen LogP contribution in [0.2, 0.25) is 0 Å². The number of thioether (sulfide) groups is 1. The molecule has 0 fully saturated rings. The molecule has 0 amide bonds. The van der Waals surface area contributed by atoms with Gasteiger partial charge in [0.05, 0.1) is 0 Å². The zero-order chi connectivity index (χ0) is 13.1. The Balaban J connectivity index is 2.22. The van der Waals surface area contributed by atoms with E-state index in [0.717, 1.165) is 0 Å². The zero-order valence-corrected chi connectivity index (χ0v) is 12.2. The monoisotopic (exact) mass is 264 g/mol. The molecule has 0 aliphatic carbocycles. The molecule has 2 rings (SSSR count). The highest BCUT2D eigenvalue weighted by Gasteiger charge is 2.22. The van der Waals surface area contributed by atoms with E-state index in [9.17, 15) is 0 Å². The van der Waals surface area contributed by atoms with Crippen LogP contribution < -0.4 is 11.5 Å². The van der Waals surface area contributed by atoms with Crippen LogP contribution in [0, 0.1) is 11.8 Å². The molecular formula is C15H24N2S. The van der Waals surface area contributed by atoms with Crippen molar-refractivity contribution in [1.29, 1.82) is 0 Å². The van der Waals surface area contributed by atoms with Crippen LogP contribution in [0.5, 0.6) is 0 Å². The Morgan fingerprint density at radius 3 is 2.78 bits per heavy atom. The minimum absolute atomic E-state index is 0.0622. The number of fused-ring (bicyclic) bond motifs is 1. The summed E-state index contributed by atoms with van der Waals surface area (Å²) in [5, 5.41) is 0. The molecule has 0 saturated heterocycles. The summed E-state index contributed by atoms with van der Waals surface area (Å²) in [6, 6.07) is 6.79. The first-order valence-electron chi connectivity index (χ1n) is 6.84. The number of benzene rings is 1. The molecule has 2 atom stereocenters. The summed E-state index contributed by atoms with van der Waals surface area (Å²) < 4.78 is 0. The number of nitrogens with two attached hydrogens (primary N) is 2. The fraction of sp³-hybridized carbons (Fsp3) is 0.600. The van der Waals surface area contributed by atoms with Gasteiger partial charge in [-0.05, 0) is 54.2 Å². The van der Waals surface area contributed by atoms with Crippen molar-refractivity contribution in [1.82, 2.24) is 0 Å². The molecule has 1 aliphatic rings. The fourth-order valence-corrected chi connectivity index (χ4v) is 3.69. The Bertz CT molecular complexity index is 403. The fourth-order valence-electron chi connectivity index (χ4n) is 2.67. The third kappa shape index (κ3) is 2.90. The molecule has 1 aromatic carbocycles. The van der Waals surface area contributed by atoms with E-state index in [1.807, 2.05) is 11.8 Å². The minimum atomic E-state index is 0.0622. The van der Waals surface area contributed by atoms with Crippen LogP contribution in [0.25, 0.3) is 0 Å². The molecule has 4 N–H and O–H groups in total. The number of rotatable bonds is 4. The second kappa shape index (κ2) is 6.09. The molecule has 1 aromatic rings. The lowest BCUT2D eigenvalue weighted by Crippen LogP contribution is -2.31.